The summed E-state index contributed by atoms with van der Waals surface area (Å²) in [5, 5.41) is 3.13. The van der Waals surface area contributed by atoms with E-state index in [-0.39, 0.29) is 11.9 Å². The predicted octanol–water partition coefficient (Wildman–Crippen LogP) is 4.90. The molecule has 148 valence electrons. The number of imidazole rings is 1. The molecule has 0 aliphatic rings. The lowest BCUT2D eigenvalue weighted by atomic mass is 10.1. The second-order valence-electron chi connectivity index (χ2n) is 6.82. The van der Waals surface area contributed by atoms with Gasteiger partial charge in [-0.15, -0.1) is 0 Å². The van der Waals surface area contributed by atoms with Crippen LogP contribution in [0.2, 0.25) is 0 Å². The zero-order valence-electron chi connectivity index (χ0n) is 16.2. The zero-order valence-corrected chi connectivity index (χ0v) is 17.1. The minimum atomic E-state index is -0.223. The smallest absolute Gasteiger partial charge is 0.287 e. The predicted molar refractivity (Wildman–Crippen MR) is 117 cm³/mol. The number of hydrogen-bond donors (Lipinski definition) is 1. The van der Waals surface area contributed by atoms with Gasteiger partial charge >= 0.3 is 0 Å². The van der Waals surface area contributed by atoms with Crippen molar-refractivity contribution in [3.8, 4) is 0 Å². The number of fused-ring (bicyclic) bond motifs is 1. The number of nitrogens with one attached hydrogen (secondary N) is 1. The lowest BCUT2D eigenvalue weighted by molar-refractivity contribution is 0.0905. The Hall–Kier alpha value is -2.99. The minimum absolute atomic E-state index is 0.212. The van der Waals surface area contributed by atoms with Gasteiger partial charge in [0.2, 0.25) is 0 Å². The van der Waals surface area contributed by atoms with Crippen LogP contribution in [-0.2, 0) is 6.54 Å². The van der Waals surface area contributed by atoms with Crippen molar-refractivity contribution in [3.63, 3.8) is 0 Å². The van der Waals surface area contributed by atoms with Crippen LogP contribution >= 0.6 is 11.8 Å². The van der Waals surface area contributed by atoms with E-state index in [4.69, 9.17) is 9.40 Å². The van der Waals surface area contributed by atoms with Gasteiger partial charge in [0, 0.05) is 6.54 Å². The fourth-order valence-corrected chi connectivity index (χ4v) is 3.90. The topological polar surface area (TPSA) is 60.1 Å². The highest BCUT2D eigenvalue weighted by molar-refractivity contribution is 7.98. The van der Waals surface area contributed by atoms with Crippen molar-refractivity contribution in [2.75, 3.05) is 12.0 Å². The maximum absolute atomic E-state index is 12.7. The van der Waals surface area contributed by atoms with Gasteiger partial charge < -0.3 is 14.3 Å². The van der Waals surface area contributed by atoms with Crippen LogP contribution in [0.1, 0.15) is 34.4 Å². The number of hydrogen-bond acceptors (Lipinski definition) is 4. The normalized spacial score (nSPS) is 12.2. The SMILES string of the molecule is CSCCC(NC(=O)c1ccco1)c1nc2ccccc2n1Cc1ccccc1. The van der Waals surface area contributed by atoms with E-state index >= 15 is 0 Å². The van der Waals surface area contributed by atoms with Gasteiger partial charge in [-0.25, -0.2) is 4.98 Å². The van der Waals surface area contributed by atoms with Crippen molar-refractivity contribution in [2.45, 2.75) is 19.0 Å². The molecule has 6 heteroatoms. The Labute approximate surface area is 174 Å². The lowest BCUT2D eigenvalue weighted by Crippen LogP contribution is -2.31. The van der Waals surface area contributed by atoms with Gasteiger partial charge in [-0.3, -0.25) is 4.79 Å². The average molecular weight is 406 g/mol. The van der Waals surface area contributed by atoms with Gasteiger partial charge in [0.1, 0.15) is 5.82 Å². The summed E-state index contributed by atoms with van der Waals surface area (Å²) < 4.78 is 7.48. The zero-order chi connectivity index (χ0) is 20.1. The molecule has 0 saturated carbocycles. The summed E-state index contributed by atoms with van der Waals surface area (Å²) in [7, 11) is 0. The number of carbonyl (C=O) groups excluding carboxylic acids is 1. The number of amides is 1. The van der Waals surface area contributed by atoms with Crippen molar-refractivity contribution in [1.82, 2.24) is 14.9 Å². The van der Waals surface area contributed by atoms with Crippen molar-refractivity contribution >= 4 is 28.7 Å². The molecule has 1 atom stereocenters. The maximum atomic E-state index is 12.7. The third-order valence-electron chi connectivity index (χ3n) is 4.84. The first kappa shape index (κ1) is 19.3. The van der Waals surface area contributed by atoms with Gasteiger partial charge in [-0.05, 0) is 48.3 Å². The number of furan rings is 1. The van der Waals surface area contributed by atoms with Gasteiger partial charge in [-0.1, -0.05) is 42.5 Å². The van der Waals surface area contributed by atoms with Crippen LogP contribution in [0.25, 0.3) is 11.0 Å². The Morgan fingerprint density at radius 1 is 1.10 bits per heavy atom. The van der Waals surface area contributed by atoms with Crippen molar-refractivity contribution < 1.29 is 9.21 Å². The molecular formula is C23H23N3O2S. The number of thioether (sulfide) groups is 1. The largest absolute Gasteiger partial charge is 0.459 e. The van der Waals surface area contributed by atoms with Crippen LogP contribution in [-0.4, -0.2) is 27.5 Å². The number of benzene rings is 2. The molecule has 1 N–H and O–H groups in total. The van der Waals surface area contributed by atoms with Gasteiger partial charge in [0.25, 0.3) is 5.91 Å². The third kappa shape index (κ3) is 4.38. The number of nitrogens with zero attached hydrogens (tertiary/aromatic N) is 2. The highest BCUT2D eigenvalue weighted by atomic mass is 32.2. The first-order chi connectivity index (χ1) is 14.3. The number of rotatable bonds is 8. The van der Waals surface area contributed by atoms with E-state index in [9.17, 15) is 4.79 Å². The average Bonchev–Trinajstić information content (AvgIpc) is 3.41. The molecule has 0 bridgehead atoms. The Morgan fingerprint density at radius 3 is 2.66 bits per heavy atom. The molecule has 4 rings (SSSR count). The van der Waals surface area contributed by atoms with Crippen LogP contribution in [0, 0.1) is 0 Å². The second kappa shape index (κ2) is 9.01. The molecule has 0 fully saturated rings. The van der Waals surface area contributed by atoms with Crippen LogP contribution in [0.15, 0.2) is 77.4 Å². The fourth-order valence-electron chi connectivity index (χ4n) is 3.43. The number of carbonyl (C=O) groups is 1. The van der Waals surface area contributed by atoms with Gasteiger partial charge in [-0.2, -0.15) is 11.8 Å². The maximum Gasteiger partial charge on any atom is 0.287 e. The van der Waals surface area contributed by atoms with E-state index in [0.29, 0.717) is 12.3 Å². The monoisotopic (exact) mass is 405 g/mol. The number of aromatic nitrogens is 2. The molecule has 0 radical (unpaired) electrons. The summed E-state index contributed by atoms with van der Waals surface area (Å²) in [5.41, 5.74) is 3.19. The van der Waals surface area contributed by atoms with Gasteiger partial charge in [0.05, 0.1) is 23.3 Å². The second-order valence-corrected chi connectivity index (χ2v) is 7.80. The molecular weight excluding hydrogens is 382 g/mol. The molecule has 2 aromatic carbocycles. The summed E-state index contributed by atoms with van der Waals surface area (Å²) in [6.07, 6.45) is 4.36. The molecule has 4 aromatic rings. The molecule has 0 aliphatic heterocycles. The van der Waals surface area contributed by atoms with E-state index in [2.05, 4.69) is 34.3 Å². The number of para-hydroxylation sites is 2. The van der Waals surface area contributed by atoms with E-state index in [1.807, 2.05) is 36.4 Å². The molecule has 0 aliphatic carbocycles. The summed E-state index contributed by atoms with van der Waals surface area (Å²) in [4.78, 5) is 17.6. The highest BCUT2D eigenvalue weighted by Gasteiger charge is 2.23. The van der Waals surface area contributed by atoms with E-state index in [1.165, 1.54) is 11.8 Å². The Kier molecular flexibility index (Phi) is 6.00. The summed E-state index contributed by atoms with van der Waals surface area (Å²) in [6, 6.07) is 21.6. The molecule has 1 amide bonds. The molecule has 0 spiro atoms. The third-order valence-corrected chi connectivity index (χ3v) is 5.48. The van der Waals surface area contributed by atoms with Crippen molar-refractivity contribution in [2.24, 2.45) is 0 Å². The summed E-state index contributed by atoms with van der Waals surface area (Å²) >= 11 is 1.75. The van der Waals surface area contributed by atoms with Crippen molar-refractivity contribution in [3.05, 3.63) is 90.1 Å². The van der Waals surface area contributed by atoms with Crippen LogP contribution in [0.4, 0.5) is 0 Å². The summed E-state index contributed by atoms with van der Waals surface area (Å²) in [5.74, 6) is 1.87. The van der Waals surface area contributed by atoms with Crippen LogP contribution < -0.4 is 5.32 Å². The molecule has 1 unspecified atom stereocenters. The van der Waals surface area contributed by atoms with Gasteiger partial charge in [0.15, 0.2) is 5.76 Å². The Bertz CT molecular complexity index is 1070. The summed E-state index contributed by atoms with van der Waals surface area (Å²) in [6.45, 7) is 0.697. The molecule has 29 heavy (non-hydrogen) atoms. The minimum Gasteiger partial charge on any atom is -0.459 e. The van der Waals surface area contributed by atoms with Crippen molar-refractivity contribution in [1.29, 1.82) is 0 Å². The Balaban J connectivity index is 1.73. The molecule has 2 heterocycles. The lowest BCUT2D eigenvalue weighted by Gasteiger charge is -2.19. The Morgan fingerprint density at radius 2 is 1.90 bits per heavy atom. The van der Waals surface area contributed by atoms with E-state index in [1.54, 1.807) is 23.9 Å². The fraction of sp³-hybridized carbons (Fsp3) is 0.217. The quantitative estimate of drug-likeness (QED) is 0.453. The molecule has 0 saturated heterocycles. The van der Waals surface area contributed by atoms with Crippen LogP contribution in [0.5, 0.6) is 0 Å². The first-order valence-corrected chi connectivity index (χ1v) is 11.0. The van der Waals surface area contributed by atoms with Crippen LogP contribution in [0.3, 0.4) is 0 Å². The first-order valence-electron chi connectivity index (χ1n) is 9.58. The van der Waals surface area contributed by atoms with E-state index < -0.39 is 0 Å². The molecule has 5 nitrogen and oxygen atoms in total. The molecule has 2 aromatic heterocycles. The highest BCUT2D eigenvalue weighted by Crippen LogP contribution is 2.25. The van der Waals surface area contributed by atoms with E-state index in [0.717, 1.165) is 29.0 Å². The standard InChI is InChI=1S/C23H23N3O2S/c1-29-15-13-19(25-23(27)21-12-7-14-28-21)22-24-18-10-5-6-11-20(18)26(22)16-17-8-3-2-4-9-17/h2-12,14,19H,13,15-16H2,1H3,(H,25,27).